The lowest BCUT2D eigenvalue weighted by molar-refractivity contribution is -0.142. The van der Waals surface area contributed by atoms with Gasteiger partial charge in [-0.25, -0.2) is 14.4 Å². The fourth-order valence-electron chi connectivity index (χ4n) is 3.44. The van der Waals surface area contributed by atoms with E-state index >= 15 is 0 Å². The summed E-state index contributed by atoms with van der Waals surface area (Å²) in [6.07, 6.45) is 0.297. The molecule has 11 heteroatoms. The Bertz CT molecular complexity index is 1130. The number of thiophene rings is 2. The molecule has 0 fully saturated rings. The number of hydrogen-bond donors (Lipinski definition) is 4. The lowest BCUT2D eigenvalue weighted by Crippen LogP contribution is -2.50. The molecule has 1 unspecified atom stereocenters. The van der Waals surface area contributed by atoms with Gasteiger partial charge in [0.1, 0.15) is 6.04 Å². The van der Waals surface area contributed by atoms with E-state index in [-0.39, 0.29) is 25.4 Å². The summed E-state index contributed by atoms with van der Waals surface area (Å²) >= 11 is 2.98. The molecule has 8 nitrogen and oxygen atoms in total. The average Bonchev–Trinajstić information content (AvgIpc) is 3.51. The second kappa shape index (κ2) is 12.6. The second-order valence-corrected chi connectivity index (χ2v) is 11.9. The highest BCUT2D eigenvalue weighted by Gasteiger charge is 2.32. The maximum Gasteiger partial charge on any atom is 0.403 e. The van der Waals surface area contributed by atoms with Crippen molar-refractivity contribution in [1.82, 2.24) is 10.4 Å². The summed E-state index contributed by atoms with van der Waals surface area (Å²) < 4.78 is 17.7. The number of rotatable bonds is 13. The van der Waals surface area contributed by atoms with E-state index in [4.69, 9.17) is 4.52 Å². The van der Waals surface area contributed by atoms with Crippen LogP contribution in [-0.4, -0.2) is 34.0 Å². The van der Waals surface area contributed by atoms with Crippen LogP contribution in [-0.2, 0) is 31.7 Å². The van der Waals surface area contributed by atoms with E-state index < -0.39 is 31.7 Å². The van der Waals surface area contributed by atoms with Crippen LogP contribution in [0.4, 0.5) is 0 Å². The van der Waals surface area contributed by atoms with Crippen LogP contribution in [0.3, 0.4) is 0 Å². The zero-order valence-electron chi connectivity index (χ0n) is 19.4. The first-order valence-corrected chi connectivity index (χ1v) is 14.4. The summed E-state index contributed by atoms with van der Waals surface area (Å²) in [5.41, 5.74) is 2.85. The van der Waals surface area contributed by atoms with Gasteiger partial charge in [0.05, 0.1) is 12.6 Å². The molecule has 0 bridgehead atoms. The number of amides is 1. The second-order valence-electron chi connectivity index (χ2n) is 8.50. The number of carbonyl (C=O) groups is 2. The Balaban J connectivity index is 1.65. The molecule has 0 aliphatic carbocycles. The van der Waals surface area contributed by atoms with Gasteiger partial charge in [-0.15, -0.1) is 11.3 Å². The predicted molar refractivity (Wildman–Crippen MR) is 138 cm³/mol. The first-order valence-electron chi connectivity index (χ1n) is 11.0. The van der Waals surface area contributed by atoms with Gasteiger partial charge in [-0.3, -0.25) is 9.32 Å². The van der Waals surface area contributed by atoms with Gasteiger partial charge >= 0.3 is 13.7 Å². The summed E-state index contributed by atoms with van der Waals surface area (Å²) in [5.74, 6) is -1.86. The Labute approximate surface area is 212 Å². The van der Waals surface area contributed by atoms with Crippen molar-refractivity contribution >= 4 is 42.3 Å². The fourth-order valence-corrected chi connectivity index (χ4v) is 5.81. The van der Waals surface area contributed by atoms with Crippen molar-refractivity contribution in [1.29, 1.82) is 0 Å². The van der Waals surface area contributed by atoms with E-state index in [1.54, 1.807) is 23.5 Å². The fraction of sp³-hybridized carbons (Fsp3) is 0.333. The summed E-state index contributed by atoms with van der Waals surface area (Å²) in [5, 5.41) is 20.5. The lowest BCUT2D eigenvalue weighted by atomic mass is 10.0. The van der Waals surface area contributed by atoms with Crippen LogP contribution in [0.1, 0.15) is 30.7 Å². The molecule has 1 amide bonds. The third-order valence-electron chi connectivity index (χ3n) is 5.17. The summed E-state index contributed by atoms with van der Waals surface area (Å²) in [4.78, 5) is 35.9. The molecule has 0 saturated carbocycles. The maximum atomic E-state index is 13.0. The summed E-state index contributed by atoms with van der Waals surface area (Å²) in [7, 11) is -4.31. The first kappa shape index (κ1) is 27.3. The van der Waals surface area contributed by atoms with E-state index in [2.05, 4.69) is 10.4 Å². The van der Waals surface area contributed by atoms with Gasteiger partial charge in [0.25, 0.3) is 0 Å². The minimum Gasteiger partial charge on any atom is -0.480 e. The topological polar surface area (TPSA) is 125 Å². The lowest BCUT2D eigenvalue weighted by Gasteiger charge is -2.24. The van der Waals surface area contributed by atoms with Crippen molar-refractivity contribution < 1.29 is 28.7 Å². The Morgan fingerprint density at radius 2 is 1.80 bits per heavy atom. The molecule has 0 aliphatic heterocycles. The van der Waals surface area contributed by atoms with Crippen LogP contribution in [0.25, 0.3) is 11.1 Å². The molecular formula is C24H29N2O6PS2. The highest BCUT2D eigenvalue weighted by Crippen LogP contribution is 2.39. The number of nitrogens with one attached hydrogen (secondary N) is 2. The molecule has 0 radical (unpaired) electrons. The third kappa shape index (κ3) is 8.68. The van der Waals surface area contributed by atoms with Gasteiger partial charge in [-0.1, -0.05) is 44.2 Å². The normalized spacial score (nSPS) is 14.9. The number of carbonyl (C=O) groups excluding carboxylic acids is 1. The van der Waals surface area contributed by atoms with Crippen LogP contribution in [0.15, 0.2) is 58.6 Å². The van der Waals surface area contributed by atoms with Gasteiger partial charge in [0.2, 0.25) is 5.91 Å². The van der Waals surface area contributed by atoms with E-state index in [0.29, 0.717) is 0 Å². The zero-order chi connectivity index (χ0) is 25.4. The molecule has 0 aliphatic rings. The Hall–Kier alpha value is -2.33. The number of benzene rings is 1. The molecule has 1 aromatic carbocycles. The monoisotopic (exact) mass is 536 g/mol. The number of hydrogen-bond acceptors (Lipinski definition) is 6. The molecule has 3 atom stereocenters. The standard InChI is InChI=1S/C24H29N2O6PS2/c1-16(2)12-21(26-33(30,31)32-14-20-4-3-10-35-20)23(27)25-22(24(28)29)13-17-5-7-18(8-6-17)19-9-11-34-15-19/h3-11,15-16,21-22H,12-14H2,1-2H3,(H,25,27)(H,28,29)(H2,26,30,31)/t21-,22-/m0/s1. The van der Waals surface area contributed by atoms with Crippen LogP contribution < -0.4 is 10.4 Å². The maximum absolute atomic E-state index is 13.0. The number of carboxylic acid groups (broad SMARTS) is 1. The number of aliphatic carboxylic acids is 1. The number of carboxylic acids is 1. The highest BCUT2D eigenvalue weighted by molar-refractivity contribution is 7.50. The quantitative estimate of drug-likeness (QED) is 0.229. The van der Waals surface area contributed by atoms with E-state index in [9.17, 15) is 24.2 Å². The minimum absolute atomic E-state index is 0.00322. The van der Waals surface area contributed by atoms with Crippen LogP contribution in [0.2, 0.25) is 0 Å². The zero-order valence-corrected chi connectivity index (χ0v) is 21.9. The molecule has 3 aromatic rings. The van der Waals surface area contributed by atoms with Crippen molar-refractivity contribution in [2.75, 3.05) is 0 Å². The Morgan fingerprint density at radius 1 is 1.06 bits per heavy atom. The molecule has 0 saturated heterocycles. The van der Waals surface area contributed by atoms with Crippen LogP contribution in [0.5, 0.6) is 0 Å². The average molecular weight is 537 g/mol. The molecule has 188 valence electrons. The van der Waals surface area contributed by atoms with Crippen molar-refractivity contribution in [3.05, 3.63) is 69.0 Å². The summed E-state index contributed by atoms with van der Waals surface area (Å²) in [6.45, 7) is 3.65. The van der Waals surface area contributed by atoms with E-state index in [1.807, 2.05) is 60.3 Å². The molecular weight excluding hydrogens is 507 g/mol. The van der Waals surface area contributed by atoms with E-state index in [1.165, 1.54) is 11.3 Å². The van der Waals surface area contributed by atoms with E-state index in [0.717, 1.165) is 21.6 Å². The van der Waals surface area contributed by atoms with Crippen molar-refractivity contribution in [3.8, 4) is 11.1 Å². The smallest absolute Gasteiger partial charge is 0.403 e. The Kier molecular flexibility index (Phi) is 9.80. The molecule has 0 spiro atoms. The van der Waals surface area contributed by atoms with Crippen LogP contribution >= 0.6 is 30.4 Å². The summed E-state index contributed by atoms with van der Waals surface area (Å²) in [6, 6.07) is 10.8. The SMILES string of the molecule is CC(C)C[C@H](NP(=O)(O)OCc1cccs1)C(=O)N[C@@H](Cc1ccc(-c2ccsc2)cc1)C(=O)O. The Morgan fingerprint density at radius 3 is 2.37 bits per heavy atom. The van der Waals surface area contributed by atoms with Gasteiger partial charge in [-0.05, 0) is 57.3 Å². The van der Waals surface area contributed by atoms with Crippen LogP contribution in [0, 0.1) is 5.92 Å². The first-order chi connectivity index (χ1) is 16.6. The van der Waals surface area contributed by atoms with Gasteiger partial charge in [-0.2, -0.15) is 11.3 Å². The van der Waals surface area contributed by atoms with Crippen molar-refractivity contribution in [3.63, 3.8) is 0 Å². The minimum atomic E-state index is -4.31. The highest BCUT2D eigenvalue weighted by atomic mass is 32.1. The molecule has 35 heavy (non-hydrogen) atoms. The van der Waals surface area contributed by atoms with Gasteiger partial charge < -0.3 is 15.3 Å². The molecule has 4 N–H and O–H groups in total. The third-order valence-corrected chi connectivity index (χ3v) is 7.82. The van der Waals surface area contributed by atoms with Gasteiger partial charge in [0.15, 0.2) is 0 Å². The van der Waals surface area contributed by atoms with Gasteiger partial charge in [0, 0.05) is 11.3 Å². The van der Waals surface area contributed by atoms with Crippen molar-refractivity contribution in [2.45, 2.75) is 45.4 Å². The molecule has 3 rings (SSSR count). The largest absolute Gasteiger partial charge is 0.480 e. The molecule has 2 aromatic heterocycles. The molecule has 2 heterocycles. The predicted octanol–water partition coefficient (Wildman–Crippen LogP) is 4.91. The van der Waals surface area contributed by atoms with Crippen molar-refractivity contribution in [2.24, 2.45) is 5.92 Å².